The molecule has 0 aliphatic heterocycles. The molecule has 1 N–H and O–H groups in total. The molecule has 0 radical (unpaired) electrons. The molecule has 3 aromatic carbocycles. The Morgan fingerprint density at radius 1 is 0.750 bits per heavy atom. The largest absolute Gasteiger partial charge is 0.477 e. The molecule has 0 fully saturated rings. The Bertz CT molecular complexity index is 1380. The first-order valence-electron chi connectivity index (χ1n) is 9.07. The van der Waals surface area contributed by atoms with Gasteiger partial charge in [0.25, 0.3) is 5.65 Å². The van der Waals surface area contributed by atoms with Gasteiger partial charge in [-0.05, 0) is 23.1 Å². The summed E-state index contributed by atoms with van der Waals surface area (Å²) in [6, 6.07) is 28.7. The van der Waals surface area contributed by atoms with E-state index in [2.05, 4.69) is 0 Å². The molecule has 2 aromatic heterocycles. The molecular weight excluding hydrogens is 348 g/mol. The fourth-order valence-electron chi connectivity index (χ4n) is 3.72. The van der Waals surface area contributed by atoms with Crippen LogP contribution in [0.5, 0.6) is 5.88 Å². The molecule has 4 nitrogen and oxygen atoms in total. The van der Waals surface area contributed by atoms with E-state index in [0.717, 1.165) is 16.5 Å². The van der Waals surface area contributed by atoms with Crippen molar-refractivity contribution in [3.8, 4) is 22.7 Å². The highest BCUT2D eigenvalue weighted by Crippen LogP contribution is 2.26. The van der Waals surface area contributed by atoms with Crippen molar-refractivity contribution in [3.63, 3.8) is 0 Å². The predicted molar refractivity (Wildman–Crippen MR) is 110 cm³/mol. The molecule has 0 aliphatic carbocycles. The molecular formula is C24H17N2O2+. The third-order valence-corrected chi connectivity index (χ3v) is 5.01. The highest BCUT2D eigenvalue weighted by Gasteiger charge is 2.26. The molecule has 0 aliphatic rings. The molecule has 0 saturated heterocycles. The zero-order chi connectivity index (χ0) is 19.1. The summed E-state index contributed by atoms with van der Waals surface area (Å²) < 4.78 is 3.32. The zero-order valence-corrected chi connectivity index (χ0v) is 15.0. The minimum atomic E-state index is -0.258. The Kier molecular flexibility index (Phi) is 3.69. The van der Waals surface area contributed by atoms with E-state index in [4.69, 9.17) is 0 Å². The molecule has 0 saturated carbocycles. The maximum Gasteiger partial charge on any atom is 0.354 e. The lowest BCUT2D eigenvalue weighted by atomic mass is 10.1. The lowest BCUT2D eigenvalue weighted by Crippen LogP contribution is -2.34. The lowest BCUT2D eigenvalue weighted by Gasteiger charge is -2.10. The fraction of sp³-hybridized carbons (Fsp3) is 0. The number of benzene rings is 3. The van der Waals surface area contributed by atoms with E-state index in [1.807, 2.05) is 91.0 Å². The monoisotopic (exact) mass is 365 g/mol. The standard InChI is InChI=1S/C24H16N2O2/c27-23-22(18-10-2-1-3-11-18)24(28)26(21-15-6-7-16-25(21)23)20-14-8-12-17-9-4-5-13-19(17)20/h1-16H/p+1. The summed E-state index contributed by atoms with van der Waals surface area (Å²) in [4.78, 5) is 13.6. The van der Waals surface area contributed by atoms with E-state index in [1.165, 1.54) is 0 Å². The number of rotatable bonds is 2. The van der Waals surface area contributed by atoms with Gasteiger partial charge in [-0.1, -0.05) is 72.8 Å². The van der Waals surface area contributed by atoms with Crippen LogP contribution in [-0.2, 0) is 0 Å². The smallest absolute Gasteiger partial charge is 0.354 e. The van der Waals surface area contributed by atoms with Gasteiger partial charge in [0, 0.05) is 11.5 Å². The van der Waals surface area contributed by atoms with Crippen LogP contribution < -0.4 is 9.96 Å². The molecule has 0 spiro atoms. The van der Waals surface area contributed by atoms with E-state index in [-0.39, 0.29) is 17.0 Å². The van der Waals surface area contributed by atoms with Crippen molar-refractivity contribution in [1.29, 1.82) is 0 Å². The fourth-order valence-corrected chi connectivity index (χ4v) is 3.72. The molecule has 0 bridgehead atoms. The first-order valence-corrected chi connectivity index (χ1v) is 9.07. The number of fused-ring (bicyclic) bond motifs is 2. The SMILES string of the molecule is O=c1c(-c2ccccc2)c(O)[n+]2ccccc2n1-c1cccc2ccccc12. The van der Waals surface area contributed by atoms with Crippen molar-refractivity contribution in [1.82, 2.24) is 4.57 Å². The summed E-state index contributed by atoms with van der Waals surface area (Å²) in [5.74, 6) is -0.0664. The van der Waals surface area contributed by atoms with Gasteiger partial charge in [-0.15, -0.1) is 0 Å². The number of hydrogen-bond donors (Lipinski definition) is 1. The normalized spacial score (nSPS) is 11.1. The van der Waals surface area contributed by atoms with E-state index < -0.39 is 0 Å². The third kappa shape index (κ3) is 2.39. The maximum atomic E-state index is 13.6. The Labute approximate surface area is 161 Å². The maximum absolute atomic E-state index is 13.6. The van der Waals surface area contributed by atoms with Gasteiger partial charge in [-0.3, -0.25) is 0 Å². The molecule has 134 valence electrons. The predicted octanol–water partition coefficient (Wildman–Crippen LogP) is 4.10. The molecule has 4 heteroatoms. The van der Waals surface area contributed by atoms with Crippen LogP contribution in [0.1, 0.15) is 0 Å². The average molecular weight is 365 g/mol. The van der Waals surface area contributed by atoms with Gasteiger partial charge in [-0.25, -0.2) is 4.79 Å². The molecule has 5 rings (SSSR count). The van der Waals surface area contributed by atoms with E-state index >= 15 is 0 Å². The van der Waals surface area contributed by atoms with Gasteiger partial charge in [0.15, 0.2) is 5.56 Å². The van der Waals surface area contributed by atoms with Gasteiger partial charge in [0.1, 0.15) is 5.69 Å². The summed E-state index contributed by atoms with van der Waals surface area (Å²) in [6.07, 6.45) is 1.76. The van der Waals surface area contributed by atoms with Crippen LogP contribution in [0.4, 0.5) is 0 Å². The number of aromatic hydroxyl groups is 1. The van der Waals surface area contributed by atoms with Crippen LogP contribution >= 0.6 is 0 Å². The molecule has 5 aromatic rings. The van der Waals surface area contributed by atoms with Gasteiger partial charge < -0.3 is 5.11 Å². The Morgan fingerprint density at radius 3 is 2.32 bits per heavy atom. The number of nitrogens with zero attached hydrogens (tertiary/aromatic N) is 2. The van der Waals surface area contributed by atoms with Gasteiger partial charge in [-0.2, -0.15) is 8.97 Å². The van der Waals surface area contributed by atoms with Crippen LogP contribution in [0.3, 0.4) is 0 Å². The minimum Gasteiger partial charge on any atom is -0.477 e. The topological polar surface area (TPSA) is 46.3 Å². The summed E-state index contributed by atoms with van der Waals surface area (Å²) in [6.45, 7) is 0. The summed E-state index contributed by atoms with van der Waals surface area (Å²) in [5.41, 5.74) is 2.07. The number of aromatic nitrogens is 2. The third-order valence-electron chi connectivity index (χ3n) is 5.01. The second-order valence-electron chi connectivity index (χ2n) is 6.63. The van der Waals surface area contributed by atoms with Gasteiger partial charge >= 0.3 is 11.4 Å². The van der Waals surface area contributed by atoms with Crippen molar-refractivity contribution in [2.24, 2.45) is 0 Å². The molecule has 0 unspecified atom stereocenters. The van der Waals surface area contributed by atoms with Crippen LogP contribution in [0.2, 0.25) is 0 Å². The van der Waals surface area contributed by atoms with Gasteiger partial charge in [0.05, 0.1) is 6.20 Å². The van der Waals surface area contributed by atoms with E-state index in [0.29, 0.717) is 11.2 Å². The van der Waals surface area contributed by atoms with Gasteiger partial charge in [0.2, 0.25) is 0 Å². The Balaban J connectivity index is 1.98. The minimum absolute atomic E-state index is 0.0664. The average Bonchev–Trinajstić information content (AvgIpc) is 2.75. The van der Waals surface area contributed by atoms with Crippen molar-refractivity contribution >= 4 is 16.4 Å². The first kappa shape index (κ1) is 16.3. The van der Waals surface area contributed by atoms with Crippen molar-refractivity contribution < 1.29 is 9.51 Å². The summed E-state index contributed by atoms with van der Waals surface area (Å²) in [7, 11) is 0. The van der Waals surface area contributed by atoms with Crippen LogP contribution in [0, 0.1) is 0 Å². The molecule has 0 amide bonds. The lowest BCUT2D eigenvalue weighted by molar-refractivity contribution is -0.525. The van der Waals surface area contributed by atoms with Crippen LogP contribution in [0.15, 0.2) is 102 Å². The Morgan fingerprint density at radius 2 is 1.46 bits per heavy atom. The number of hydrogen-bond acceptors (Lipinski definition) is 2. The van der Waals surface area contributed by atoms with Crippen molar-refractivity contribution in [2.45, 2.75) is 0 Å². The summed E-state index contributed by atoms with van der Waals surface area (Å²) in [5, 5.41) is 12.9. The van der Waals surface area contributed by atoms with Crippen LogP contribution in [-0.4, -0.2) is 9.67 Å². The summed E-state index contributed by atoms with van der Waals surface area (Å²) >= 11 is 0. The highest BCUT2D eigenvalue weighted by atomic mass is 16.3. The second-order valence-corrected chi connectivity index (χ2v) is 6.63. The van der Waals surface area contributed by atoms with Crippen LogP contribution in [0.25, 0.3) is 33.2 Å². The van der Waals surface area contributed by atoms with E-state index in [9.17, 15) is 9.90 Å². The zero-order valence-electron chi connectivity index (χ0n) is 15.0. The highest BCUT2D eigenvalue weighted by molar-refractivity contribution is 5.90. The second kappa shape index (κ2) is 6.35. The molecule has 0 atom stereocenters. The van der Waals surface area contributed by atoms with E-state index in [1.54, 1.807) is 15.2 Å². The number of pyridine rings is 1. The quantitative estimate of drug-likeness (QED) is 0.479. The van der Waals surface area contributed by atoms with Crippen molar-refractivity contribution in [3.05, 3.63) is 108 Å². The first-order chi connectivity index (χ1) is 13.8. The van der Waals surface area contributed by atoms with Crippen molar-refractivity contribution in [2.75, 3.05) is 0 Å². The molecule has 2 heterocycles. The molecule has 28 heavy (non-hydrogen) atoms. The Hall–Kier alpha value is -3.92.